The van der Waals surface area contributed by atoms with Gasteiger partial charge < -0.3 is 20.1 Å². The Morgan fingerprint density at radius 3 is 2.95 bits per heavy atom. The van der Waals surface area contributed by atoms with Crippen molar-refractivity contribution in [2.45, 2.75) is 25.8 Å². The summed E-state index contributed by atoms with van der Waals surface area (Å²) in [6.45, 7) is 4.30. The average Bonchev–Trinajstić information content (AvgIpc) is 2.76. The Labute approximate surface area is 110 Å². The second kappa shape index (κ2) is 5.40. The van der Waals surface area contributed by atoms with E-state index in [4.69, 9.17) is 9.84 Å². The first kappa shape index (κ1) is 13.5. The van der Waals surface area contributed by atoms with Crippen LogP contribution in [-0.2, 0) is 9.53 Å². The number of aromatic nitrogens is 2. The molecule has 7 heteroatoms. The number of aliphatic carboxylic acids is 1. The molecule has 2 unspecified atom stereocenters. The summed E-state index contributed by atoms with van der Waals surface area (Å²) in [6.07, 6.45) is 0. The average molecular weight is 267 g/mol. The Morgan fingerprint density at radius 2 is 2.32 bits per heavy atom. The van der Waals surface area contributed by atoms with Crippen LogP contribution < -0.4 is 10.9 Å². The highest BCUT2D eigenvalue weighted by Gasteiger charge is 2.34. The van der Waals surface area contributed by atoms with Crippen LogP contribution in [0.3, 0.4) is 0 Å². The molecule has 104 valence electrons. The smallest absolute Gasteiger partial charge is 0.311 e. The molecule has 1 aliphatic rings. The Bertz CT molecular complexity index is 526. The third kappa shape index (κ3) is 3.11. The lowest BCUT2D eigenvalue weighted by Gasteiger charge is -2.16. The minimum absolute atomic E-state index is 0.0875. The predicted molar refractivity (Wildman–Crippen MR) is 68.3 cm³/mol. The van der Waals surface area contributed by atoms with Crippen LogP contribution in [-0.4, -0.2) is 40.3 Å². The molecule has 0 bridgehead atoms. The number of carboxylic acid groups (broad SMARTS) is 1. The number of rotatable bonds is 4. The lowest BCUT2D eigenvalue weighted by Crippen LogP contribution is -2.34. The van der Waals surface area contributed by atoms with Crippen molar-refractivity contribution in [3.8, 4) is 0 Å². The first-order chi connectivity index (χ1) is 8.97. The maximum atomic E-state index is 11.5. The number of hydrogen-bond acceptors (Lipinski definition) is 5. The fraction of sp³-hybridized carbons (Fsp3) is 0.583. The molecule has 0 radical (unpaired) electrons. The summed E-state index contributed by atoms with van der Waals surface area (Å²) in [5.74, 6) is -0.493. The van der Waals surface area contributed by atoms with E-state index in [1.807, 2.05) is 13.8 Å². The molecule has 0 saturated carbocycles. The number of carbonyl (C=O) groups is 1. The zero-order chi connectivity index (χ0) is 14.0. The third-order valence-electron chi connectivity index (χ3n) is 3.04. The number of anilines is 1. The van der Waals surface area contributed by atoms with Gasteiger partial charge in [-0.2, -0.15) is 0 Å². The number of aromatic amines is 1. The lowest BCUT2D eigenvalue weighted by molar-refractivity contribution is -0.141. The molecule has 1 aromatic rings. The Balaban J connectivity index is 2.19. The van der Waals surface area contributed by atoms with Crippen molar-refractivity contribution < 1.29 is 14.6 Å². The van der Waals surface area contributed by atoms with Crippen LogP contribution in [0.1, 0.15) is 25.6 Å². The van der Waals surface area contributed by atoms with Gasteiger partial charge in [-0.3, -0.25) is 9.59 Å². The summed E-state index contributed by atoms with van der Waals surface area (Å²) in [7, 11) is 0. The lowest BCUT2D eigenvalue weighted by atomic mass is 10.0. The first-order valence-corrected chi connectivity index (χ1v) is 6.15. The molecule has 3 N–H and O–H groups in total. The van der Waals surface area contributed by atoms with Gasteiger partial charge in [-0.1, -0.05) is 13.8 Å². The molecular formula is C12H17N3O4. The molecule has 1 aromatic heterocycles. The summed E-state index contributed by atoms with van der Waals surface area (Å²) in [4.78, 5) is 29.5. The van der Waals surface area contributed by atoms with E-state index in [0.29, 0.717) is 18.2 Å². The van der Waals surface area contributed by atoms with Crippen molar-refractivity contribution in [3.63, 3.8) is 0 Å². The summed E-state index contributed by atoms with van der Waals surface area (Å²) in [6, 6.07) is 0.954. The summed E-state index contributed by atoms with van der Waals surface area (Å²) in [5, 5.41) is 12.0. The Hall–Kier alpha value is -1.89. The standard InChI is InChI=1S/C12H17N3O4/c1-6(2)11-14-9(3-10(16)15-11)13-8-5-19-4-7(8)12(17)18/h3,6-8H,4-5H2,1-2H3,(H,17,18)(H2,13,14,15,16). The van der Waals surface area contributed by atoms with Crippen molar-refractivity contribution >= 4 is 11.8 Å². The second-order valence-corrected chi connectivity index (χ2v) is 4.90. The molecule has 1 saturated heterocycles. The van der Waals surface area contributed by atoms with Crippen LogP contribution in [0.25, 0.3) is 0 Å². The number of ether oxygens (including phenoxy) is 1. The Kier molecular flexibility index (Phi) is 3.84. The van der Waals surface area contributed by atoms with Crippen LogP contribution in [0.2, 0.25) is 0 Å². The minimum atomic E-state index is -0.913. The van der Waals surface area contributed by atoms with E-state index in [1.165, 1.54) is 6.07 Å². The van der Waals surface area contributed by atoms with E-state index >= 15 is 0 Å². The number of nitrogens with zero attached hydrogens (tertiary/aromatic N) is 1. The molecule has 0 amide bonds. The van der Waals surface area contributed by atoms with Gasteiger partial charge in [-0.25, -0.2) is 4.98 Å². The van der Waals surface area contributed by atoms with Crippen molar-refractivity contribution in [1.29, 1.82) is 0 Å². The normalized spacial score (nSPS) is 22.7. The molecule has 0 aromatic carbocycles. The van der Waals surface area contributed by atoms with Crippen molar-refractivity contribution in [2.75, 3.05) is 18.5 Å². The van der Waals surface area contributed by atoms with Crippen LogP contribution in [0, 0.1) is 5.92 Å². The number of H-pyrrole nitrogens is 1. The molecule has 1 fully saturated rings. The molecule has 7 nitrogen and oxygen atoms in total. The zero-order valence-electron chi connectivity index (χ0n) is 10.8. The monoisotopic (exact) mass is 267 g/mol. The molecule has 0 spiro atoms. The van der Waals surface area contributed by atoms with Gasteiger partial charge in [0.25, 0.3) is 5.56 Å². The van der Waals surface area contributed by atoms with Crippen molar-refractivity contribution in [1.82, 2.24) is 9.97 Å². The van der Waals surface area contributed by atoms with E-state index in [9.17, 15) is 9.59 Å². The molecule has 19 heavy (non-hydrogen) atoms. The fourth-order valence-electron chi connectivity index (χ4n) is 1.95. The maximum Gasteiger partial charge on any atom is 0.311 e. The van der Waals surface area contributed by atoms with Crippen molar-refractivity contribution in [2.24, 2.45) is 5.92 Å². The van der Waals surface area contributed by atoms with Crippen LogP contribution >= 0.6 is 0 Å². The van der Waals surface area contributed by atoms with E-state index in [1.54, 1.807) is 0 Å². The summed E-state index contributed by atoms with van der Waals surface area (Å²) in [5.41, 5.74) is -0.257. The van der Waals surface area contributed by atoms with E-state index in [0.717, 1.165) is 0 Å². The summed E-state index contributed by atoms with van der Waals surface area (Å²) >= 11 is 0. The van der Waals surface area contributed by atoms with Crippen molar-refractivity contribution in [3.05, 3.63) is 22.2 Å². The van der Waals surface area contributed by atoms with Gasteiger partial charge in [0.2, 0.25) is 0 Å². The molecule has 2 rings (SSSR count). The van der Waals surface area contributed by atoms with Gasteiger partial charge in [0, 0.05) is 12.0 Å². The van der Waals surface area contributed by atoms with Crippen LogP contribution in [0.4, 0.5) is 5.82 Å². The van der Waals surface area contributed by atoms with E-state index in [2.05, 4.69) is 15.3 Å². The molecule has 2 heterocycles. The topological polar surface area (TPSA) is 104 Å². The van der Waals surface area contributed by atoms with E-state index in [-0.39, 0.29) is 24.1 Å². The highest BCUT2D eigenvalue weighted by molar-refractivity contribution is 5.72. The highest BCUT2D eigenvalue weighted by atomic mass is 16.5. The van der Waals surface area contributed by atoms with Crippen LogP contribution in [0.5, 0.6) is 0 Å². The highest BCUT2D eigenvalue weighted by Crippen LogP contribution is 2.18. The number of nitrogens with one attached hydrogen (secondary N) is 2. The molecule has 1 aliphatic heterocycles. The largest absolute Gasteiger partial charge is 0.481 e. The SMILES string of the molecule is CC(C)c1nc(NC2COCC2C(=O)O)cc(=O)[nH]1. The number of carboxylic acids is 1. The summed E-state index contributed by atoms with van der Waals surface area (Å²) < 4.78 is 5.15. The van der Waals surface area contributed by atoms with Gasteiger partial charge in [0.15, 0.2) is 0 Å². The maximum absolute atomic E-state index is 11.5. The quantitative estimate of drug-likeness (QED) is 0.729. The molecular weight excluding hydrogens is 250 g/mol. The Morgan fingerprint density at radius 1 is 1.58 bits per heavy atom. The van der Waals surface area contributed by atoms with Gasteiger partial charge in [0.1, 0.15) is 17.6 Å². The second-order valence-electron chi connectivity index (χ2n) is 4.90. The third-order valence-corrected chi connectivity index (χ3v) is 3.04. The number of hydrogen-bond donors (Lipinski definition) is 3. The molecule has 0 aliphatic carbocycles. The van der Waals surface area contributed by atoms with Gasteiger partial charge in [0.05, 0.1) is 19.3 Å². The predicted octanol–water partition coefficient (Wildman–Crippen LogP) is 0.405. The van der Waals surface area contributed by atoms with Gasteiger partial charge >= 0.3 is 5.97 Å². The minimum Gasteiger partial charge on any atom is -0.481 e. The zero-order valence-corrected chi connectivity index (χ0v) is 10.8. The van der Waals surface area contributed by atoms with Gasteiger partial charge in [-0.05, 0) is 0 Å². The van der Waals surface area contributed by atoms with Gasteiger partial charge in [-0.15, -0.1) is 0 Å². The van der Waals surface area contributed by atoms with Crippen LogP contribution in [0.15, 0.2) is 10.9 Å². The fourth-order valence-corrected chi connectivity index (χ4v) is 1.95. The first-order valence-electron chi connectivity index (χ1n) is 6.15. The van der Waals surface area contributed by atoms with E-state index < -0.39 is 11.9 Å². The molecule has 2 atom stereocenters.